The summed E-state index contributed by atoms with van der Waals surface area (Å²) in [6.45, 7) is 8.87. The number of nitrogens with zero attached hydrogens (tertiary/aromatic N) is 1. The molecule has 2 atom stereocenters. The minimum atomic E-state index is -0.635. The van der Waals surface area contributed by atoms with E-state index in [2.05, 4.69) is 15.6 Å². The van der Waals surface area contributed by atoms with E-state index in [1.54, 1.807) is 20.8 Å². The van der Waals surface area contributed by atoms with E-state index in [-0.39, 0.29) is 12.0 Å². The van der Waals surface area contributed by atoms with Crippen molar-refractivity contribution in [3.8, 4) is 0 Å². The van der Waals surface area contributed by atoms with Crippen LogP contribution in [0.3, 0.4) is 0 Å². The Kier molecular flexibility index (Phi) is 7.54. The highest BCUT2D eigenvalue weighted by atomic mass is 16.5. The lowest BCUT2D eigenvalue weighted by molar-refractivity contribution is -0.151. The van der Waals surface area contributed by atoms with Crippen molar-refractivity contribution in [1.29, 1.82) is 0 Å². The van der Waals surface area contributed by atoms with Gasteiger partial charge in [-0.05, 0) is 26.7 Å². The third-order valence-electron chi connectivity index (χ3n) is 2.19. The van der Waals surface area contributed by atoms with Crippen molar-refractivity contribution in [3.05, 3.63) is 0 Å². The number of hydrogen-bond acceptors (Lipinski definition) is 5. The summed E-state index contributed by atoms with van der Waals surface area (Å²) in [4.78, 5) is 23.0. The van der Waals surface area contributed by atoms with E-state index in [1.807, 2.05) is 13.8 Å². The van der Waals surface area contributed by atoms with Crippen molar-refractivity contribution in [2.45, 2.75) is 52.8 Å². The van der Waals surface area contributed by atoms with Gasteiger partial charge >= 0.3 is 11.9 Å². The minimum absolute atomic E-state index is 0.0155. The molecule has 18 heavy (non-hydrogen) atoms. The van der Waals surface area contributed by atoms with Gasteiger partial charge in [-0.2, -0.15) is 0 Å². The molecule has 6 nitrogen and oxygen atoms in total. The topological polar surface area (TPSA) is 78.7 Å². The van der Waals surface area contributed by atoms with Gasteiger partial charge in [0, 0.05) is 0 Å². The van der Waals surface area contributed by atoms with Gasteiger partial charge in [0.25, 0.3) is 0 Å². The van der Waals surface area contributed by atoms with Gasteiger partial charge in [0.1, 0.15) is 12.1 Å². The summed E-state index contributed by atoms with van der Waals surface area (Å²) in [6.07, 6.45) is -0.178. The van der Waals surface area contributed by atoms with Crippen LogP contribution in [-0.2, 0) is 19.1 Å². The molecule has 0 saturated heterocycles. The quantitative estimate of drug-likeness (QED) is 0.536. The molecular weight excluding hydrogens is 236 g/mol. The second kappa shape index (κ2) is 8.05. The smallest absolute Gasteiger partial charge is 0.326 e. The Labute approximate surface area is 108 Å². The van der Waals surface area contributed by atoms with Crippen molar-refractivity contribution >= 4 is 11.9 Å². The number of hydrogen-bond donors (Lipinski definition) is 1. The molecule has 0 aliphatic carbocycles. The van der Waals surface area contributed by atoms with E-state index in [0.717, 1.165) is 0 Å². The van der Waals surface area contributed by atoms with Gasteiger partial charge in [-0.1, -0.05) is 13.8 Å². The van der Waals surface area contributed by atoms with Gasteiger partial charge in [0.2, 0.25) is 0 Å². The summed E-state index contributed by atoms with van der Waals surface area (Å²) < 4.78 is 9.66. The number of carbonyl (C=O) groups excluding carboxylic acids is 2. The lowest BCUT2D eigenvalue weighted by Crippen LogP contribution is -2.49. The zero-order valence-electron chi connectivity index (χ0n) is 11.9. The van der Waals surface area contributed by atoms with Gasteiger partial charge in [-0.3, -0.25) is 9.59 Å². The number of esters is 2. The van der Waals surface area contributed by atoms with Crippen LogP contribution in [0, 0.1) is 5.92 Å². The average molecular weight is 259 g/mol. The predicted octanol–water partition coefficient (Wildman–Crippen LogP) is 0.633. The molecule has 0 saturated carbocycles. The fraction of sp³-hybridized carbons (Fsp3) is 0.833. The zero-order valence-corrected chi connectivity index (χ0v) is 11.9. The van der Waals surface area contributed by atoms with Crippen LogP contribution < -0.4 is 10.9 Å². The zero-order chi connectivity index (χ0) is 14.3. The molecule has 0 aromatic carbocycles. The maximum Gasteiger partial charge on any atom is 0.326 e. The van der Waals surface area contributed by atoms with E-state index < -0.39 is 24.0 Å². The number of carbonyl (C=O) groups is 2. The Bertz CT molecular complexity index is 279. The monoisotopic (exact) mass is 259 g/mol. The summed E-state index contributed by atoms with van der Waals surface area (Å²) >= 11 is 0. The van der Waals surface area contributed by atoms with E-state index in [9.17, 15) is 9.59 Å². The molecule has 0 fully saturated rings. The van der Waals surface area contributed by atoms with Crippen LogP contribution >= 0.6 is 0 Å². The van der Waals surface area contributed by atoms with E-state index in [0.29, 0.717) is 0 Å². The Morgan fingerprint density at radius 2 is 1.61 bits per heavy atom. The number of nitrogens with one attached hydrogen (secondary N) is 1. The van der Waals surface area contributed by atoms with Crippen LogP contribution in [0.4, 0.5) is 0 Å². The molecular formula is C12H23N2O4. The third kappa shape index (κ3) is 5.97. The van der Waals surface area contributed by atoms with Gasteiger partial charge in [0.15, 0.2) is 0 Å². The Morgan fingerprint density at radius 3 is 2.00 bits per heavy atom. The first-order valence-electron chi connectivity index (χ1n) is 6.03. The molecule has 0 aromatic rings. The second-order valence-electron chi connectivity index (χ2n) is 4.68. The van der Waals surface area contributed by atoms with Crippen LogP contribution in [0.25, 0.3) is 0 Å². The molecule has 105 valence electrons. The van der Waals surface area contributed by atoms with Gasteiger partial charge in [-0.15, -0.1) is 5.43 Å². The van der Waals surface area contributed by atoms with Crippen LogP contribution in [-0.4, -0.2) is 37.2 Å². The van der Waals surface area contributed by atoms with Crippen molar-refractivity contribution in [1.82, 2.24) is 10.9 Å². The molecule has 0 bridgehead atoms. The van der Waals surface area contributed by atoms with E-state index in [4.69, 9.17) is 4.74 Å². The molecule has 0 amide bonds. The molecule has 0 heterocycles. The van der Waals surface area contributed by atoms with Gasteiger partial charge in [-0.25, -0.2) is 5.43 Å². The third-order valence-corrected chi connectivity index (χ3v) is 2.19. The predicted molar refractivity (Wildman–Crippen MR) is 66.6 cm³/mol. The van der Waals surface area contributed by atoms with Crippen LogP contribution in [0.5, 0.6) is 0 Å². The van der Waals surface area contributed by atoms with Crippen LogP contribution in [0.2, 0.25) is 0 Å². The molecule has 0 spiro atoms. The fourth-order valence-corrected chi connectivity index (χ4v) is 1.17. The SMILES string of the molecule is COC(=O)C([N]NC(C)C(=O)OC(C)C)C(C)C. The molecule has 2 unspecified atom stereocenters. The molecule has 6 heteroatoms. The highest BCUT2D eigenvalue weighted by molar-refractivity contribution is 5.77. The first-order chi connectivity index (χ1) is 8.29. The highest BCUT2D eigenvalue weighted by Gasteiger charge is 2.26. The first kappa shape index (κ1) is 16.9. The molecule has 1 radical (unpaired) electrons. The Hall–Kier alpha value is -1.14. The molecule has 0 rings (SSSR count). The van der Waals surface area contributed by atoms with E-state index in [1.165, 1.54) is 7.11 Å². The van der Waals surface area contributed by atoms with Crippen LogP contribution in [0.1, 0.15) is 34.6 Å². The molecule has 0 aromatic heterocycles. The normalized spacial score (nSPS) is 14.4. The first-order valence-corrected chi connectivity index (χ1v) is 6.03. The maximum absolute atomic E-state index is 11.5. The van der Waals surface area contributed by atoms with E-state index >= 15 is 0 Å². The summed E-state index contributed by atoms with van der Waals surface area (Å²) in [5, 5.41) is 0. The average Bonchev–Trinajstić information content (AvgIpc) is 2.27. The van der Waals surface area contributed by atoms with Crippen molar-refractivity contribution in [2.75, 3.05) is 7.11 Å². The maximum atomic E-state index is 11.5. The standard InChI is InChI=1S/C12H23N2O4/c1-7(2)10(12(16)17-6)14-13-9(5)11(15)18-8(3)4/h7-10,13H,1-6H3. The van der Waals surface area contributed by atoms with Crippen molar-refractivity contribution in [3.63, 3.8) is 0 Å². The van der Waals surface area contributed by atoms with Crippen LogP contribution in [0.15, 0.2) is 0 Å². The number of methoxy groups -OCH3 is 1. The Balaban J connectivity index is 4.27. The Morgan fingerprint density at radius 1 is 1.06 bits per heavy atom. The minimum Gasteiger partial charge on any atom is -0.468 e. The fourth-order valence-electron chi connectivity index (χ4n) is 1.17. The highest BCUT2D eigenvalue weighted by Crippen LogP contribution is 2.04. The lowest BCUT2D eigenvalue weighted by atomic mass is 10.1. The number of rotatable bonds is 7. The largest absolute Gasteiger partial charge is 0.468 e. The summed E-state index contributed by atoms with van der Waals surface area (Å²) in [5.74, 6) is -0.846. The summed E-state index contributed by atoms with van der Waals surface area (Å²) in [6, 6.07) is -1.23. The molecule has 0 aliphatic rings. The number of ether oxygens (including phenoxy) is 2. The van der Waals surface area contributed by atoms with Crippen molar-refractivity contribution < 1.29 is 19.1 Å². The van der Waals surface area contributed by atoms with Gasteiger partial charge < -0.3 is 9.47 Å². The molecule has 1 N–H and O–H groups in total. The summed E-state index contributed by atoms with van der Waals surface area (Å²) in [7, 11) is 1.31. The van der Waals surface area contributed by atoms with Crippen molar-refractivity contribution in [2.24, 2.45) is 5.92 Å². The second-order valence-corrected chi connectivity index (χ2v) is 4.68. The molecule has 0 aliphatic heterocycles. The lowest BCUT2D eigenvalue weighted by Gasteiger charge is -2.21. The van der Waals surface area contributed by atoms with Gasteiger partial charge in [0.05, 0.1) is 13.2 Å². The summed E-state index contributed by atoms with van der Waals surface area (Å²) in [5.41, 5.74) is 6.63.